The van der Waals surface area contributed by atoms with Gasteiger partial charge in [0.1, 0.15) is 11.5 Å². The highest BCUT2D eigenvalue weighted by Crippen LogP contribution is 2.28. The molecule has 0 N–H and O–H groups in total. The van der Waals surface area contributed by atoms with Crippen molar-refractivity contribution in [2.45, 2.75) is 40.4 Å². The summed E-state index contributed by atoms with van der Waals surface area (Å²) < 4.78 is 85.8. The molecule has 0 bridgehead atoms. The average molecular weight is 843 g/mol. The highest BCUT2D eigenvalue weighted by atomic mass is 127. The summed E-state index contributed by atoms with van der Waals surface area (Å²) in [6, 6.07) is 18.9. The van der Waals surface area contributed by atoms with Crippen molar-refractivity contribution in [3.63, 3.8) is 0 Å². The highest BCUT2D eigenvalue weighted by molar-refractivity contribution is 14.1. The number of rotatable bonds is 4. The van der Waals surface area contributed by atoms with Gasteiger partial charge in [0, 0.05) is 68.1 Å². The quantitative estimate of drug-likeness (QED) is 0.100. The molecule has 15 heteroatoms. The van der Waals surface area contributed by atoms with Crippen LogP contribution in [-0.2, 0) is 0 Å². The third kappa shape index (κ3) is 11.9. The van der Waals surface area contributed by atoms with E-state index in [1.807, 2.05) is 49.0 Å². The van der Waals surface area contributed by atoms with Gasteiger partial charge >= 0.3 is 12.7 Å². The monoisotopic (exact) mass is 842 g/mol. The van der Waals surface area contributed by atoms with Gasteiger partial charge in [-0.2, -0.15) is 0 Å². The first-order chi connectivity index (χ1) is 25.0. The molecule has 2 aromatic carbocycles. The van der Waals surface area contributed by atoms with Crippen LogP contribution in [0.2, 0.25) is 0 Å². The molecule has 0 atom stereocenters. The van der Waals surface area contributed by atoms with E-state index < -0.39 is 12.7 Å². The second-order valence-corrected chi connectivity index (χ2v) is 12.0. The Morgan fingerprint density at radius 2 is 1.02 bits per heavy atom. The second kappa shape index (κ2) is 17.6. The number of halogens is 7. The van der Waals surface area contributed by atoms with Crippen LogP contribution in [0.25, 0.3) is 11.4 Å². The van der Waals surface area contributed by atoms with Gasteiger partial charge < -0.3 is 18.6 Å². The van der Waals surface area contributed by atoms with Crippen molar-refractivity contribution in [2.75, 3.05) is 0 Å². The van der Waals surface area contributed by atoms with Gasteiger partial charge in [0.2, 0.25) is 11.6 Å². The molecule has 53 heavy (non-hydrogen) atoms. The molecule has 0 fully saturated rings. The molecule has 6 rings (SSSR count). The normalized spacial score (nSPS) is 10.8. The number of nitrogens with zero attached hydrogens (tertiary/aromatic N) is 6. The van der Waals surface area contributed by atoms with Crippen molar-refractivity contribution >= 4 is 22.6 Å². The van der Waals surface area contributed by atoms with Crippen LogP contribution < -0.4 is 9.47 Å². The van der Waals surface area contributed by atoms with Crippen LogP contribution in [0.3, 0.4) is 0 Å². The first-order valence-electron chi connectivity index (χ1n) is 15.3. The Kier molecular flexibility index (Phi) is 13.3. The molecule has 0 aliphatic carbocycles. The van der Waals surface area contributed by atoms with Gasteiger partial charge in [-0.15, -0.1) is 32.8 Å². The van der Waals surface area contributed by atoms with Crippen LogP contribution in [-0.4, -0.2) is 41.8 Å². The number of alkyl halides is 6. The third-order valence-electron chi connectivity index (χ3n) is 7.03. The van der Waals surface area contributed by atoms with Gasteiger partial charge in [0.25, 0.3) is 0 Å². The van der Waals surface area contributed by atoms with Crippen LogP contribution in [0.1, 0.15) is 40.0 Å². The van der Waals surface area contributed by atoms with E-state index in [0.29, 0.717) is 11.6 Å². The molecule has 0 aliphatic heterocycles. The van der Waals surface area contributed by atoms with E-state index in [1.165, 1.54) is 24.3 Å². The predicted octanol–water partition coefficient (Wildman–Crippen LogP) is 9.24. The predicted molar refractivity (Wildman–Crippen MR) is 195 cm³/mol. The first-order valence-corrected chi connectivity index (χ1v) is 16.4. The smallest absolute Gasteiger partial charge is 0.406 e. The minimum atomic E-state index is -4.71. The topological polar surface area (TPSA) is 79.9 Å². The summed E-state index contributed by atoms with van der Waals surface area (Å²) in [6.07, 6.45) is 2.07. The largest absolute Gasteiger partial charge is 0.573 e. The average Bonchev–Trinajstić information content (AvgIpc) is 3.54. The Balaban J connectivity index is 0.000000202. The Morgan fingerprint density at radius 3 is 1.40 bits per heavy atom. The van der Waals surface area contributed by atoms with E-state index in [2.05, 4.69) is 69.8 Å². The molecule has 0 spiro atoms. The van der Waals surface area contributed by atoms with Crippen molar-refractivity contribution in [3.8, 4) is 47.1 Å². The molecule has 0 radical (unpaired) electrons. The molecule has 0 saturated carbocycles. The van der Waals surface area contributed by atoms with Gasteiger partial charge in [-0.05, 0) is 135 Å². The standard InChI is InChI=1S/C19H14F3N3O.C13H11F3INO.C6H4N2/c1-13-12-15(4-9-18-23-10-3-11-24-18)14(2)25(13)16-5-7-17(8-6-16)26-19(20,21)22;1-8-7-12(17)9(2)18(8)10-3-5-11(6-4-10)19-13(14,15)16;1-2-6-7-4-3-5-8-6/h3,5-8,10-12H,1-2H3;3-7H,1-2H3;1,3-5H. The number of hydrogen-bond acceptors (Lipinski definition) is 6. The van der Waals surface area contributed by atoms with E-state index in [0.717, 1.165) is 43.3 Å². The fraction of sp³-hybridized carbons (Fsp3) is 0.158. The molecule has 0 unspecified atom stereocenters. The van der Waals surface area contributed by atoms with E-state index in [1.54, 1.807) is 61.2 Å². The lowest BCUT2D eigenvalue weighted by molar-refractivity contribution is -0.275. The summed E-state index contributed by atoms with van der Waals surface area (Å²) in [5, 5.41) is 0. The van der Waals surface area contributed by atoms with Crippen molar-refractivity contribution in [2.24, 2.45) is 0 Å². The molecular formula is C38H29F6IN6O2. The maximum absolute atomic E-state index is 12.3. The van der Waals surface area contributed by atoms with E-state index in [4.69, 9.17) is 6.42 Å². The zero-order valence-electron chi connectivity index (χ0n) is 28.5. The van der Waals surface area contributed by atoms with Gasteiger partial charge in [-0.3, -0.25) is 0 Å². The van der Waals surface area contributed by atoms with Crippen molar-refractivity contribution < 1.29 is 35.8 Å². The molecular weight excluding hydrogens is 813 g/mol. The summed E-state index contributed by atoms with van der Waals surface area (Å²) in [5.74, 6) is 8.62. The number of benzene rings is 2. The van der Waals surface area contributed by atoms with Crippen LogP contribution in [0.5, 0.6) is 11.5 Å². The molecule has 0 saturated heterocycles. The fourth-order valence-electron chi connectivity index (χ4n) is 4.86. The maximum atomic E-state index is 12.3. The minimum Gasteiger partial charge on any atom is -0.406 e. The minimum absolute atomic E-state index is 0.214. The number of terminal acetylenes is 1. The number of ether oxygens (including phenoxy) is 2. The molecule has 4 heterocycles. The molecule has 272 valence electrons. The van der Waals surface area contributed by atoms with Gasteiger partial charge in [-0.1, -0.05) is 5.92 Å². The van der Waals surface area contributed by atoms with Crippen molar-refractivity contribution in [1.29, 1.82) is 0 Å². The maximum Gasteiger partial charge on any atom is 0.573 e. The SMILES string of the molecule is C#Cc1ncccn1.Cc1cc(C#Cc2ncccn2)c(C)n1-c1ccc(OC(F)(F)F)cc1.Cc1cc(I)c(C)n1-c1ccc(OC(F)(F)F)cc1. The van der Waals surface area contributed by atoms with Crippen LogP contribution in [0, 0.1) is 55.4 Å². The Hall–Kier alpha value is -5.81. The van der Waals surface area contributed by atoms with Crippen LogP contribution >= 0.6 is 22.6 Å². The van der Waals surface area contributed by atoms with Crippen LogP contribution in [0.15, 0.2) is 97.6 Å². The fourth-order valence-corrected chi connectivity index (χ4v) is 5.55. The number of hydrogen-bond donors (Lipinski definition) is 0. The Bertz CT molecular complexity index is 2220. The second-order valence-electron chi connectivity index (χ2n) is 10.8. The summed E-state index contributed by atoms with van der Waals surface area (Å²) >= 11 is 2.23. The summed E-state index contributed by atoms with van der Waals surface area (Å²) in [5.41, 5.74) is 6.20. The Labute approximate surface area is 315 Å². The van der Waals surface area contributed by atoms with Gasteiger partial charge in [0.05, 0.1) is 0 Å². The number of aromatic nitrogens is 6. The molecule has 6 aromatic rings. The first kappa shape index (κ1) is 40.0. The highest BCUT2D eigenvalue weighted by Gasteiger charge is 2.31. The Morgan fingerprint density at radius 1 is 0.604 bits per heavy atom. The van der Waals surface area contributed by atoms with E-state index in [-0.39, 0.29) is 11.5 Å². The lowest BCUT2D eigenvalue weighted by Crippen LogP contribution is -2.17. The zero-order valence-corrected chi connectivity index (χ0v) is 30.6. The third-order valence-corrected chi connectivity index (χ3v) is 8.12. The summed E-state index contributed by atoms with van der Waals surface area (Å²) in [4.78, 5) is 15.6. The lowest BCUT2D eigenvalue weighted by Gasteiger charge is -2.12. The number of aryl methyl sites for hydroxylation is 2. The lowest BCUT2D eigenvalue weighted by atomic mass is 10.2. The zero-order chi connectivity index (χ0) is 38.8. The van der Waals surface area contributed by atoms with Gasteiger partial charge in [-0.25, -0.2) is 19.9 Å². The molecule has 4 aromatic heterocycles. The van der Waals surface area contributed by atoms with Crippen molar-refractivity contribution in [3.05, 3.63) is 141 Å². The van der Waals surface area contributed by atoms with E-state index in [9.17, 15) is 26.3 Å². The van der Waals surface area contributed by atoms with Crippen LogP contribution in [0.4, 0.5) is 26.3 Å². The molecule has 0 aliphatic rings. The van der Waals surface area contributed by atoms with Gasteiger partial charge in [0.15, 0.2) is 0 Å². The molecule has 8 nitrogen and oxygen atoms in total. The summed E-state index contributed by atoms with van der Waals surface area (Å²) in [7, 11) is 0. The van der Waals surface area contributed by atoms with Crippen molar-refractivity contribution in [1.82, 2.24) is 29.1 Å². The summed E-state index contributed by atoms with van der Waals surface area (Å²) in [6.45, 7) is 7.71. The molecule has 0 amide bonds. The van der Waals surface area contributed by atoms with E-state index >= 15 is 0 Å².